The van der Waals surface area contributed by atoms with Crippen molar-refractivity contribution in [3.05, 3.63) is 71.7 Å². The second kappa shape index (κ2) is 9.54. The predicted molar refractivity (Wildman–Crippen MR) is 125 cm³/mol. The smallest absolute Gasteiger partial charge is 0.349 e. The molecule has 3 aromatic heterocycles. The normalized spacial score (nSPS) is 13.9. The highest BCUT2D eigenvalue weighted by Crippen LogP contribution is 2.36. The Morgan fingerprint density at radius 2 is 1.63 bits per heavy atom. The Labute approximate surface area is 211 Å². The molecule has 1 aliphatic carbocycles. The number of nitrogens with one attached hydrogen (secondary N) is 2. The highest BCUT2D eigenvalue weighted by molar-refractivity contribution is 5.96. The van der Waals surface area contributed by atoms with Gasteiger partial charge in [-0.05, 0) is 67.3 Å². The molecular weight excluding hydrogens is 514 g/mol. The zero-order valence-corrected chi connectivity index (χ0v) is 19.4. The van der Waals surface area contributed by atoms with E-state index in [1.807, 2.05) is 0 Å². The molecule has 4 aromatic rings. The molecule has 0 radical (unpaired) electrons. The van der Waals surface area contributed by atoms with Crippen molar-refractivity contribution in [1.29, 1.82) is 0 Å². The lowest BCUT2D eigenvalue weighted by atomic mass is 10.1. The minimum atomic E-state index is -4.69. The molecule has 0 aliphatic heterocycles. The number of pyridine rings is 2. The number of hydrogen-bond donors (Lipinski definition) is 2. The second-order valence-corrected chi connectivity index (χ2v) is 8.71. The Morgan fingerprint density at radius 1 is 0.895 bits per heavy atom. The third-order valence-corrected chi connectivity index (χ3v) is 5.84. The first-order valence-electron chi connectivity index (χ1n) is 11.4. The summed E-state index contributed by atoms with van der Waals surface area (Å²) < 4.78 is 79.5. The first-order valence-corrected chi connectivity index (χ1v) is 11.4. The van der Waals surface area contributed by atoms with Gasteiger partial charge in [0, 0.05) is 18.4 Å². The van der Waals surface area contributed by atoms with Gasteiger partial charge in [0.15, 0.2) is 5.65 Å². The van der Waals surface area contributed by atoms with Crippen LogP contribution < -0.4 is 10.6 Å². The Hall–Kier alpha value is -4.29. The third-order valence-electron chi connectivity index (χ3n) is 5.84. The number of hydrogen-bond acceptors (Lipinski definition) is 6. The van der Waals surface area contributed by atoms with Crippen molar-refractivity contribution in [1.82, 2.24) is 25.3 Å². The molecule has 3 heterocycles. The first-order chi connectivity index (χ1) is 18.0. The van der Waals surface area contributed by atoms with Crippen molar-refractivity contribution in [3.63, 3.8) is 0 Å². The molecule has 1 fully saturated rings. The van der Waals surface area contributed by atoms with Gasteiger partial charge in [-0.3, -0.25) is 9.78 Å². The van der Waals surface area contributed by atoms with Gasteiger partial charge in [-0.1, -0.05) is 0 Å². The van der Waals surface area contributed by atoms with Crippen LogP contribution in [0.4, 0.5) is 37.8 Å². The Bertz CT molecular complexity index is 1500. The molecule has 5 rings (SSSR count). The summed E-state index contributed by atoms with van der Waals surface area (Å²) in [5.41, 5.74) is -2.26. The zero-order chi connectivity index (χ0) is 27.1. The third kappa shape index (κ3) is 5.50. The highest BCUT2D eigenvalue weighted by atomic mass is 19.4. The van der Waals surface area contributed by atoms with Crippen molar-refractivity contribution in [2.45, 2.75) is 25.2 Å². The minimum absolute atomic E-state index is 0.0439. The molecule has 13 heteroatoms. The van der Waals surface area contributed by atoms with E-state index < -0.39 is 35.1 Å². The van der Waals surface area contributed by atoms with E-state index in [9.17, 15) is 31.1 Å². The van der Waals surface area contributed by atoms with E-state index in [1.165, 1.54) is 30.5 Å². The monoisotopic (exact) mass is 532 g/mol. The van der Waals surface area contributed by atoms with Crippen molar-refractivity contribution < 1.29 is 31.1 Å². The fraction of sp³-hybridized carbons (Fsp3) is 0.240. The predicted octanol–water partition coefficient (Wildman–Crippen LogP) is 6.01. The number of amides is 1. The maximum atomic E-state index is 13.6. The van der Waals surface area contributed by atoms with Crippen LogP contribution in [0.2, 0.25) is 0 Å². The number of carbonyl (C=O) groups is 1. The summed E-state index contributed by atoms with van der Waals surface area (Å²) in [5.74, 6) is -0.508. The molecule has 2 N–H and O–H groups in total. The number of fused-ring (bicyclic) bond motifs is 1. The summed E-state index contributed by atoms with van der Waals surface area (Å²) in [7, 11) is 0. The molecule has 1 amide bonds. The van der Waals surface area contributed by atoms with Crippen LogP contribution in [0.3, 0.4) is 0 Å². The Kier molecular flexibility index (Phi) is 6.37. The molecule has 0 saturated heterocycles. The van der Waals surface area contributed by atoms with E-state index in [1.54, 1.807) is 0 Å². The lowest BCUT2D eigenvalue weighted by Gasteiger charge is -2.14. The van der Waals surface area contributed by atoms with Crippen LogP contribution in [-0.2, 0) is 12.4 Å². The van der Waals surface area contributed by atoms with E-state index in [4.69, 9.17) is 0 Å². The average Bonchev–Trinajstić information content (AvgIpc) is 3.71. The fourth-order valence-corrected chi connectivity index (χ4v) is 3.69. The highest BCUT2D eigenvalue weighted by Gasteiger charge is 2.35. The van der Waals surface area contributed by atoms with E-state index in [0.717, 1.165) is 37.1 Å². The number of anilines is 2. The topological polar surface area (TPSA) is 92.7 Å². The summed E-state index contributed by atoms with van der Waals surface area (Å²) in [6.07, 6.45) is -6.04. The number of benzene rings is 1. The van der Waals surface area contributed by atoms with Crippen molar-refractivity contribution in [3.8, 4) is 11.4 Å². The van der Waals surface area contributed by atoms with Gasteiger partial charge >= 0.3 is 12.4 Å². The first kappa shape index (κ1) is 25.4. The molecule has 0 spiro atoms. The van der Waals surface area contributed by atoms with Gasteiger partial charge in [0.1, 0.15) is 11.5 Å². The summed E-state index contributed by atoms with van der Waals surface area (Å²) in [6.45, 7) is 0.415. The molecular formula is C25H18F6N6O. The van der Waals surface area contributed by atoms with Crippen LogP contribution in [0.5, 0.6) is 0 Å². The molecule has 1 aromatic carbocycles. The number of halogens is 6. The van der Waals surface area contributed by atoms with Crippen LogP contribution in [0.25, 0.3) is 22.4 Å². The fourth-order valence-electron chi connectivity index (χ4n) is 3.69. The van der Waals surface area contributed by atoms with Crippen LogP contribution in [0, 0.1) is 5.92 Å². The Balaban J connectivity index is 1.57. The van der Waals surface area contributed by atoms with Gasteiger partial charge in [0.2, 0.25) is 5.82 Å². The van der Waals surface area contributed by atoms with Gasteiger partial charge in [-0.2, -0.15) is 26.3 Å². The Morgan fingerprint density at radius 3 is 2.29 bits per heavy atom. The number of carbonyl (C=O) groups excluding carboxylic acids is 1. The maximum absolute atomic E-state index is 13.6. The largest absolute Gasteiger partial charge is 0.418 e. The van der Waals surface area contributed by atoms with Crippen molar-refractivity contribution in [2.24, 2.45) is 5.92 Å². The van der Waals surface area contributed by atoms with Gasteiger partial charge < -0.3 is 10.6 Å². The van der Waals surface area contributed by atoms with Gasteiger partial charge in [0.05, 0.1) is 22.2 Å². The minimum Gasteiger partial charge on any atom is -0.349 e. The number of rotatable bonds is 6. The van der Waals surface area contributed by atoms with E-state index >= 15 is 0 Å². The number of nitrogens with zero attached hydrogens (tertiary/aromatic N) is 4. The van der Waals surface area contributed by atoms with Crippen molar-refractivity contribution in [2.75, 3.05) is 11.9 Å². The molecule has 7 nitrogen and oxygen atoms in total. The molecule has 38 heavy (non-hydrogen) atoms. The lowest BCUT2D eigenvalue weighted by Crippen LogP contribution is -2.27. The SMILES string of the molecule is O=C(NCC1CC1)c1nc(Nc2ccc(C(F)(F)F)cc2)c2ccc(-c3ncccc3C(F)(F)F)nc2n1. The molecule has 0 unspecified atom stereocenters. The van der Waals surface area contributed by atoms with E-state index in [-0.39, 0.29) is 34.1 Å². The van der Waals surface area contributed by atoms with Gasteiger partial charge in [-0.15, -0.1) is 0 Å². The number of alkyl halides is 6. The van der Waals surface area contributed by atoms with Crippen molar-refractivity contribution >= 4 is 28.4 Å². The quantitative estimate of drug-likeness (QED) is 0.296. The summed E-state index contributed by atoms with van der Waals surface area (Å²) in [6, 6.07) is 8.88. The summed E-state index contributed by atoms with van der Waals surface area (Å²) in [4.78, 5) is 29.2. The molecule has 1 aliphatic rings. The standard InChI is InChI=1S/C25H18F6N6O/c26-24(27,28)14-5-7-15(8-6-14)34-20-16-9-10-18(19-17(25(29,30)31)2-1-11-32-19)35-21(16)37-22(36-20)23(38)33-12-13-3-4-13/h1-2,5-11,13H,3-4,12H2,(H,33,38)(H,34,35,36,37). The lowest BCUT2D eigenvalue weighted by molar-refractivity contribution is -0.138. The number of aromatic nitrogens is 4. The second-order valence-electron chi connectivity index (χ2n) is 8.71. The summed E-state index contributed by atoms with van der Waals surface area (Å²) in [5, 5.41) is 5.80. The van der Waals surface area contributed by atoms with Crippen LogP contribution in [-0.4, -0.2) is 32.4 Å². The molecule has 0 bridgehead atoms. The molecule has 196 valence electrons. The molecule has 0 atom stereocenters. The van der Waals surface area contributed by atoms with Crippen LogP contribution >= 0.6 is 0 Å². The van der Waals surface area contributed by atoms with Crippen LogP contribution in [0.15, 0.2) is 54.7 Å². The van der Waals surface area contributed by atoms with E-state index in [2.05, 4.69) is 30.6 Å². The van der Waals surface area contributed by atoms with E-state index in [0.29, 0.717) is 12.5 Å². The molecule has 1 saturated carbocycles. The van der Waals surface area contributed by atoms with Gasteiger partial charge in [-0.25, -0.2) is 15.0 Å². The zero-order valence-electron chi connectivity index (χ0n) is 19.4. The average molecular weight is 532 g/mol. The van der Waals surface area contributed by atoms with Gasteiger partial charge in [0.25, 0.3) is 5.91 Å². The maximum Gasteiger partial charge on any atom is 0.418 e. The summed E-state index contributed by atoms with van der Waals surface area (Å²) >= 11 is 0. The van der Waals surface area contributed by atoms with Crippen LogP contribution in [0.1, 0.15) is 34.6 Å².